The van der Waals surface area contributed by atoms with Gasteiger partial charge in [-0.1, -0.05) is 42.5 Å². The minimum Gasteiger partial charge on any atom is -0.453 e. The van der Waals surface area contributed by atoms with Crippen molar-refractivity contribution in [3.05, 3.63) is 71.1 Å². The minimum atomic E-state index is -0.0768. The molecule has 1 atom stereocenters. The molecule has 2 aromatic carbocycles. The van der Waals surface area contributed by atoms with Crippen molar-refractivity contribution < 1.29 is 4.42 Å². The highest BCUT2D eigenvalue weighted by Crippen LogP contribution is 2.28. The van der Waals surface area contributed by atoms with Crippen LogP contribution in [0.3, 0.4) is 0 Å². The molecule has 0 saturated heterocycles. The highest BCUT2D eigenvalue weighted by molar-refractivity contribution is 6.29. The third-order valence-electron chi connectivity index (χ3n) is 3.53. The lowest BCUT2D eigenvalue weighted by molar-refractivity contribution is 0.528. The van der Waals surface area contributed by atoms with Gasteiger partial charge in [-0.15, -0.1) is 0 Å². The van der Waals surface area contributed by atoms with Crippen LogP contribution >= 0.6 is 11.6 Å². The van der Waals surface area contributed by atoms with E-state index in [1.54, 1.807) is 6.26 Å². The van der Waals surface area contributed by atoms with Gasteiger partial charge in [0.05, 0.1) is 12.3 Å². The zero-order valence-corrected chi connectivity index (χ0v) is 11.6. The van der Waals surface area contributed by atoms with E-state index < -0.39 is 0 Å². The largest absolute Gasteiger partial charge is 0.453 e. The molecule has 4 heteroatoms. The number of hydrogen-bond donors (Lipinski definition) is 2. The number of rotatable bonds is 4. The van der Waals surface area contributed by atoms with E-state index in [0.29, 0.717) is 5.22 Å². The summed E-state index contributed by atoms with van der Waals surface area (Å²) in [4.78, 5) is 0. The third kappa shape index (κ3) is 2.43. The number of hydrazine groups is 1. The van der Waals surface area contributed by atoms with E-state index in [1.807, 2.05) is 18.2 Å². The number of nitrogens with two attached hydrogens (primary N) is 1. The van der Waals surface area contributed by atoms with Crippen molar-refractivity contribution in [3.8, 4) is 0 Å². The summed E-state index contributed by atoms with van der Waals surface area (Å²) >= 11 is 6.04. The Balaban J connectivity index is 1.98. The fraction of sp³-hybridized carbons (Fsp3) is 0.125. The van der Waals surface area contributed by atoms with Gasteiger partial charge in [0, 0.05) is 5.56 Å². The molecule has 1 heterocycles. The predicted octanol–water partition coefficient (Wildman–Crippen LogP) is 3.83. The smallest absolute Gasteiger partial charge is 0.197 e. The first-order valence-electron chi connectivity index (χ1n) is 6.45. The Morgan fingerprint density at radius 2 is 1.90 bits per heavy atom. The molecule has 0 aliphatic heterocycles. The van der Waals surface area contributed by atoms with Gasteiger partial charge in [-0.05, 0) is 40.4 Å². The normalized spacial score (nSPS) is 12.7. The molecule has 1 unspecified atom stereocenters. The van der Waals surface area contributed by atoms with Gasteiger partial charge in [0.15, 0.2) is 5.22 Å². The molecule has 3 aromatic rings. The van der Waals surface area contributed by atoms with E-state index >= 15 is 0 Å². The Kier molecular flexibility index (Phi) is 3.74. The Morgan fingerprint density at radius 3 is 2.65 bits per heavy atom. The number of furan rings is 1. The van der Waals surface area contributed by atoms with Crippen LogP contribution in [0.25, 0.3) is 10.8 Å². The SMILES string of the molecule is NNC(Cc1cccc2ccccc12)c1ccoc1Cl. The fourth-order valence-electron chi connectivity index (χ4n) is 2.50. The van der Waals surface area contributed by atoms with Crippen molar-refractivity contribution in [1.82, 2.24) is 5.43 Å². The van der Waals surface area contributed by atoms with Gasteiger partial charge in [-0.3, -0.25) is 11.3 Å². The maximum Gasteiger partial charge on any atom is 0.197 e. The summed E-state index contributed by atoms with van der Waals surface area (Å²) in [6, 6.07) is 16.4. The molecular formula is C16H15ClN2O. The minimum absolute atomic E-state index is 0.0768. The molecule has 0 bridgehead atoms. The average Bonchev–Trinajstić information content (AvgIpc) is 2.91. The quantitative estimate of drug-likeness (QED) is 0.566. The van der Waals surface area contributed by atoms with Crippen LogP contribution in [0.5, 0.6) is 0 Å². The van der Waals surface area contributed by atoms with Crippen molar-refractivity contribution in [2.75, 3.05) is 0 Å². The zero-order valence-electron chi connectivity index (χ0n) is 10.8. The lowest BCUT2D eigenvalue weighted by atomic mass is 9.96. The molecule has 0 radical (unpaired) electrons. The van der Waals surface area contributed by atoms with Gasteiger partial charge in [0.2, 0.25) is 0 Å². The van der Waals surface area contributed by atoms with Crippen LogP contribution in [0, 0.1) is 0 Å². The monoisotopic (exact) mass is 286 g/mol. The first-order chi connectivity index (χ1) is 9.79. The number of hydrogen-bond acceptors (Lipinski definition) is 3. The van der Waals surface area contributed by atoms with Crippen LogP contribution in [0.4, 0.5) is 0 Å². The second kappa shape index (κ2) is 5.67. The van der Waals surface area contributed by atoms with Crippen LogP contribution in [0.15, 0.2) is 59.2 Å². The van der Waals surface area contributed by atoms with Crippen molar-refractivity contribution in [2.24, 2.45) is 5.84 Å². The Bertz CT molecular complexity index is 718. The fourth-order valence-corrected chi connectivity index (χ4v) is 2.75. The van der Waals surface area contributed by atoms with Gasteiger partial charge in [-0.25, -0.2) is 0 Å². The number of halogens is 1. The number of fused-ring (bicyclic) bond motifs is 1. The van der Waals surface area contributed by atoms with E-state index in [2.05, 4.69) is 35.8 Å². The summed E-state index contributed by atoms with van der Waals surface area (Å²) in [6.45, 7) is 0. The highest BCUT2D eigenvalue weighted by Gasteiger charge is 2.17. The lowest BCUT2D eigenvalue weighted by Gasteiger charge is -2.16. The molecule has 0 aliphatic rings. The molecule has 3 N–H and O–H groups in total. The molecule has 20 heavy (non-hydrogen) atoms. The van der Waals surface area contributed by atoms with Crippen LogP contribution < -0.4 is 11.3 Å². The van der Waals surface area contributed by atoms with Gasteiger partial charge < -0.3 is 4.42 Å². The summed E-state index contributed by atoms with van der Waals surface area (Å²) in [5.41, 5.74) is 4.92. The third-order valence-corrected chi connectivity index (χ3v) is 3.83. The van der Waals surface area contributed by atoms with Crippen LogP contribution in [-0.2, 0) is 6.42 Å². The number of benzene rings is 2. The molecule has 0 saturated carbocycles. The van der Waals surface area contributed by atoms with Crippen molar-refractivity contribution in [1.29, 1.82) is 0 Å². The molecule has 1 aromatic heterocycles. The summed E-state index contributed by atoms with van der Waals surface area (Å²) < 4.78 is 5.14. The van der Waals surface area contributed by atoms with E-state index in [0.717, 1.165) is 12.0 Å². The maximum absolute atomic E-state index is 6.04. The molecule has 0 spiro atoms. The van der Waals surface area contributed by atoms with E-state index in [9.17, 15) is 0 Å². The topological polar surface area (TPSA) is 51.2 Å². The Hall–Kier alpha value is -1.81. The summed E-state index contributed by atoms with van der Waals surface area (Å²) in [7, 11) is 0. The molecule has 102 valence electrons. The molecule has 0 aliphatic carbocycles. The zero-order chi connectivity index (χ0) is 13.9. The van der Waals surface area contributed by atoms with Crippen LogP contribution in [0.2, 0.25) is 5.22 Å². The second-order valence-corrected chi connectivity index (χ2v) is 5.05. The second-order valence-electron chi connectivity index (χ2n) is 4.71. The van der Waals surface area contributed by atoms with Crippen molar-refractivity contribution in [3.63, 3.8) is 0 Å². The summed E-state index contributed by atoms with van der Waals surface area (Å²) in [5, 5.41) is 2.84. The molecule has 0 amide bonds. The van der Waals surface area contributed by atoms with E-state index in [-0.39, 0.29) is 6.04 Å². The lowest BCUT2D eigenvalue weighted by Crippen LogP contribution is -2.29. The first-order valence-corrected chi connectivity index (χ1v) is 6.83. The van der Waals surface area contributed by atoms with Gasteiger partial charge in [-0.2, -0.15) is 0 Å². The molecule has 3 rings (SSSR count). The standard InChI is InChI=1S/C16H15ClN2O/c17-16-14(8-9-20-16)15(19-18)10-12-6-3-5-11-4-1-2-7-13(11)12/h1-9,15,19H,10,18H2. The first kappa shape index (κ1) is 13.2. The molecular weight excluding hydrogens is 272 g/mol. The van der Waals surface area contributed by atoms with Gasteiger partial charge in [0.1, 0.15) is 0 Å². The van der Waals surface area contributed by atoms with Gasteiger partial charge >= 0.3 is 0 Å². The number of nitrogens with one attached hydrogen (secondary N) is 1. The molecule has 3 nitrogen and oxygen atoms in total. The Labute approximate surface area is 122 Å². The van der Waals surface area contributed by atoms with Crippen LogP contribution in [0.1, 0.15) is 17.2 Å². The van der Waals surface area contributed by atoms with Crippen molar-refractivity contribution >= 4 is 22.4 Å². The van der Waals surface area contributed by atoms with Crippen molar-refractivity contribution in [2.45, 2.75) is 12.5 Å². The average molecular weight is 287 g/mol. The van der Waals surface area contributed by atoms with E-state index in [4.69, 9.17) is 21.9 Å². The highest BCUT2D eigenvalue weighted by atomic mass is 35.5. The Morgan fingerprint density at radius 1 is 1.10 bits per heavy atom. The van der Waals surface area contributed by atoms with Gasteiger partial charge in [0.25, 0.3) is 0 Å². The maximum atomic E-state index is 6.04. The predicted molar refractivity (Wildman–Crippen MR) is 81.4 cm³/mol. The van der Waals surface area contributed by atoms with E-state index in [1.165, 1.54) is 16.3 Å². The summed E-state index contributed by atoms with van der Waals surface area (Å²) in [6.07, 6.45) is 2.32. The van der Waals surface area contributed by atoms with Crippen LogP contribution in [-0.4, -0.2) is 0 Å². The molecule has 0 fully saturated rings. The summed E-state index contributed by atoms with van der Waals surface area (Å²) in [5.74, 6) is 5.67.